The molecule has 2 heterocycles. The largest absolute Gasteiger partial charge is 0.371 e. The number of nitrogens with zero attached hydrogens (tertiary/aromatic N) is 3. The smallest absolute Gasteiger partial charge is 0.150 e. The number of hydrogen-bond acceptors (Lipinski definition) is 5. The van der Waals surface area contributed by atoms with Crippen LogP contribution in [0.3, 0.4) is 0 Å². The van der Waals surface area contributed by atoms with Gasteiger partial charge >= 0.3 is 0 Å². The predicted octanol–water partition coefficient (Wildman–Crippen LogP) is 4.98. The molecule has 0 radical (unpaired) electrons. The number of aliphatic hydroxyl groups is 1. The summed E-state index contributed by atoms with van der Waals surface area (Å²) < 4.78 is 1.72. The Morgan fingerprint density at radius 2 is 1.43 bits per heavy atom. The van der Waals surface area contributed by atoms with Crippen LogP contribution in [-0.4, -0.2) is 10.8 Å². The highest BCUT2D eigenvalue weighted by molar-refractivity contribution is 9.10. The molecule has 2 unspecified atom stereocenters. The van der Waals surface area contributed by atoms with Gasteiger partial charge in [0.25, 0.3) is 0 Å². The summed E-state index contributed by atoms with van der Waals surface area (Å²) in [4.78, 5) is 0. The summed E-state index contributed by atoms with van der Waals surface area (Å²) >= 11 is 6.98. The summed E-state index contributed by atoms with van der Waals surface area (Å²) in [5.74, 6) is -0.814. The molecule has 3 aliphatic rings. The second-order valence-corrected chi connectivity index (χ2v) is 9.57. The van der Waals surface area contributed by atoms with Gasteiger partial charge in [0.15, 0.2) is 0 Å². The lowest BCUT2D eigenvalue weighted by Gasteiger charge is -2.58. The Morgan fingerprint density at radius 1 is 0.933 bits per heavy atom. The number of halogens is 2. The standard InChI is InChI=1S/C23H16Br2N4O/c24-17-5-1-3-14(7-17)19-9-22(30)10-20(15-4-2-6-18(25)8-15)23(19,13-28)21(29-22)16(11-26)12-27/h1-8,19-20,29-30H,9-10H2. The first-order valence-corrected chi connectivity index (χ1v) is 10.9. The van der Waals surface area contributed by atoms with E-state index in [0.717, 1.165) is 20.1 Å². The third-order valence-electron chi connectivity index (χ3n) is 6.11. The molecular weight excluding hydrogens is 508 g/mol. The van der Waals surface area contributed by atoms with Crippen molar-refractivity contribution in [3.05, 3.63) is 79.9 Å². The van der Waals surface area contributed by atoms with E-state index in [4.69, 9.17) is 0 Å². The van der Waals surface area contributed by atoms with Gasteiger partial charge in [0.05, 0.1) is 11.8 Å². The topological polar surface area (TPSA) is 104 Å². The van der Waals surface area contributed by atoms with Gasteiger partial charge in [0.1, 0.15) is 28.9 Å². The summed E-state index contributed by atoms with van der Waals surface area (Å²) in [5, 5.41) is 44.3. The van der Waals surface area contributed by atoms with E-state index in [9.17, 15) is 20.9 Å². The zero-order valence-corrected chi connectivity index (χ0v) is 18.9. The van der Waals surface area contributed by atoms with Crippen LogP contribution in [0.25, 0.3) is 0 Å². The third-order valence-corrected chi connectivity index (χ3v) is 7.10. The Balaban J connectivity index is 2.05. The van der Waals surface area contributed by atoms with Gasteiger partial charge in [-0.2, -0.15) is 15.8 Å². The van der Waals surface area contributed by atoms with Gasteiger partial charge in [-0.3, -0.25) is 0 Å². The lowest BCUT2D eigenvalue weighted by atomic mass is 9.50. The molecule has 30 heavy (non-hydrogen) atoms. The van der Waals surface area contributed by atoms with Crippen LogP contribution in [0.15, 0.2) is 68.7 Å². The number of rotatable bonds is 2. The van der Waals surface area contributed by atoms with Crippen molar-refractivity contribution >= 4 is 31.9 Å². The molecule has 0 aromatic heterocycles. The van der Waals surface area contributed by atoms with Gasteiger partial charge in [-0.25, -0.2) is 0 Å². The van der Waals surface area contributed by atoms with Gasteiger partial charge in [-0.15, -0.1) is 0 Å². The Morgan fingerprint density at radius 3 is 1.83 bits per heavy atom. The summed E-state index contributed by atoms with van der Waals surface area (Å²) in [6.07, 6.45) is 0.601. The summed E-state index contributed by atoms with van der Waals surface area (Å²) in [5.41, 5.74) is -0.754. The molecule has 7 heteroatoms. The molecule has 2 aromatic carbocycles. The van der Waals surface area contributed by atoms with Crippen molar-refractivity contribution in [2.24, 2.45) is 5.41 Å². The fraction of sp³-hybridized carbons (Fsp3) is 0.261. The van der Waals surface area contributed by atoms with Crippen molar-refractivity contribution < 1.29 is 5.11 Å². The molecule has 2 atom stereocenters. The molecule has 0 spiro atoms. The van der Waals surface area contributed by atoms with E-state index in [-0.39, 0.29) is 11.3 Å². The van der Waals surface area contributed by atoms with Crippen molar-refractivity contribution in [3.63, 3.8) is 0 Å². The Bertz CT molecular complexity index is 1110. The number of benzene rings is 2. The van der Waals surface area contributed by atoms with Gasteiger partial charge in [0, 0.05) is 33.6 Å². The lowest BCUT2D eigenvalue weighted by molar-refractivity contribution is -0.0933. The van der Waals surface area contributed by atoms with Crippen LogP contribution in [0.5, 0.6) is 0 Å². The average molecular weight is 524 g/mol. The Hall–Kier alpha value is -2.63. The molecule has 2 bridgehead atoms. The normalized spacial score (nSPS) is 29.3. The van der Waals surface area contributed by atoms with Crippen LogP contribution in [-0.2, 0) is 0 Å². The van der Waals surface area contributed by atoms with E-state index >= 15 is 0 Å². The number of nitriles is 3. The van der Waals surface area contributed by atoms with Crippen molar-refractivity contribution in [1.82, 2.24) is 5.32 Å². The molecular formula is C23H16Br2N4O. The minimum absolute atomic E-state index is 0.172. The Labute approximate surface area is 191 Å². The first-order valence-electron chi connectivity index (χ1n) is 9.34. The van der Waals surface area contributed by atoms with Gasteiger partial charge < -0.3 is 10.4 Å². The maximum absolute atomic E-state index is 11.4. The first kappa shape index (κ1) is 20.6. The predicted molar refractivity (Wildman–Crippen MR) is 117 cm³/mol. The highest BCUT2D eigenvalue weighted by Gasteiger charge is 2.64. The van der Waals surface area contributed by atoms with Crippen molar-refractivity contribution in [3.8, 4) is 18.2 Å². The van der Waals surface area contributed by atoms with Crippen molar-refractivity contribution in [2.75, 3.05) is 0 Å². The Kier molecular flexibility index (Phi) is 5.20. The number of piperidine rings is 2. The second kappa shape index (κ2) is 7.56. The van der Waals surface area contributed by atoms with Crippen LogP contribution < -0.4 is 5.32 Å². The second-order valence-electron chi connectivity index (χ2n) is 7.73. The molecule has 2 aromatic rings. The van der Waals surface area contributed by atoms with E-state index in [1.807, 2.05) is 60.7 Å². The molecule has 148 valence electrons. The zero-order chi connectivity index (χ0) is 21.5. The molecule has 3 fully saturated rings. The van der Waals surface area contributed by atoms with Crippen LogP contribution >= 0.6 is 31.9 Å². The number of fused-ring (bicyclic) bond motifs is 3. The van der Waals surface area contributed by atoms with Gasteiger partial charge in [-0.1, -0.05) is 56.1 Å². The monoisotopic (exact) mass is 522 g/mol. The third kappa shape index (κ3) is 3.13. The average Bonchev–Trinajstić information content (AvgIpc) is 2.74. The van der Waals surface area contributed by atoms with E-state index in [0.29, 0.717) is 12.8 Å². The van der Waals surface area contributed by atoms with Gasteiger partial charge in [-0.05, 0) is 35.4 Å². The molecule has 5 rings (SSSR count). The summed E-state index contributed by atoms with van der Waals surface area (Å²) in [7, 11) is 0. The van der Waals surface area contributed by atoms with E-state index in [1.54, 1.807) is 0 Å². The highest BCUT2D eigenvalue weighted by atomic mass is 79.9. The molecule has 1 saturated carbocycles. The number of hydrogen-bond donors (Lipinski definition) is 2. The molecule has 2 aliphatic heterocycles. The van der Waals surface area contributed by atoms with Crippen molar-refractivity contribution in [2.45, 2.75) is 30.4 Å². The SMILES string of the molecule is N#CC(C#N)=C1NC2(O)CC(c3cccc(Br)c3)C1(C#N)C(c1cccc(Br)c1)C2. The first-order chi connectivity index (χ1) is 14.4. The minimum Gasteiger partial charge on any atom is -0.371 e. The quantitative estimate of drug-likeness (QED) is 0.540. The van der Waals surface area contributed by atoms with E-state index in [2.05, 4.69) is 43.2 Å². The number of allylic oxidation sites excluding steroid dienone is 2. The molecule has 2 N–H and O–H groups in total. The number of nitrogens with one attached hydrogen (secondary N) is 1. The molecule has 1 aliphatic carbocycles. The lowest BCUT2D eigenvalue weighted by Crippen LogP contribution is -2.64. The molecule has 2 saturated heterocycles. The van der Waals surface area contributed by atoms with Crippen LogP contribution in [0.1, 0.15) is 35.8 Å². The fourth-order valence-corrected chi connectivity index (χ4v) is 5.77. The maximum Gasteiger partial charge on any atom is 0.150 e. The summed E-state index contributed by atoms with van der Waals surface area (Å²) in [6.45, 7) is 0. The summed E-state index contributed by atoms with van der Waals surface area (Å²) in [6, 6.07) is 21.6. The van der Waals surface area contributed by atoms with E-state index < -0.39 is 23.0 Å². The van der Waals surface area contributed by atoms with Crippen LogP contribution in [0, 0.1) is 39.4 Å². The minimum atomic E-state index is -1.34. The van der Waals surface area contributed by atoms with E-state index in [1.165, 1.54) is 0 Å². The van der Waals surface area contributed by atoms with Crippen molar-refractivity contribution in [1.29, 1.82) is 15.8 Å². The van der Waals surface area contributed by atoms with Gasteiger partial charge in [0.2, 0.25) is 0 Å². The zero-order valence-electron chi connectivity index (χ0n) is 15.7. The maximum atomic E-state index is 11.4. The van der Waals surface area contributed by atoms with Crippen LogP contribution in [0.4, 0.5) is 0 Å². The molecule has 5 nitrogen and oxygen atoms in total. The van der Waals surface area contributed by atoms with Crippen LogP contribution in [0.2, 0.25) is 0 Å². The fourth-order valence-electron chi connectivity index (χ4n) is 4.94. The highest BCUT2D eigenvalue weighted by Crippen LogP contribution is 2.64. The molecule has 0 amide bonds.